The number of hydrogen-bond acceptors (Lipinski definition) is 4. The predicted molar refractivity (Wildman–Crippen MR) is 103 cm³/mol. The summed E-state index contributed by atoms with van der Waals surface area (Å²) in [6, 6.07) is 17.5. The van der Waals surface area contributed by atoms with Gasteiger partial charge < -0.3 is 14.6 Å². The number of amides is 1. The number of nitrogens with one attached hydrogen (secondary N) is 1. The summed E-state index contributed by atoms with van der Waals surface area (Å²) >= 11 is 0. The van der Waals surface area contributed by atoms with Crippen molar-refractivity contribution in [1.29, 1.82) is 0 Å². The maximum Gasteiger partial charge on any atom is 0.244 e. The van der Waals surface area contributed by atoms with Crippen LogP contribution in [-0.4, -0.2) is 17.2 Å². The molecule has 0 saturated heterocycles. The minimum Gasteiger partial charge on any atom is -0.490 e. The van der Waals surface area contributed by atoms with Crippen LogP contribution in [0.2, 0.25) is 0 Å². The average molecular weight is 360 g/mol. The number of rotatable bonds is 5. The molecule has 1 amide bonds. The van der Waals surface area contributed by atoms with Gasteiger partial charge in [0, 0.05) is 24.1 Å². The van der Waals surface area contributed by atoms with Crippen LogP contribution in [0.3, 0.4) is 0 Å². The second kappa shape index (κ2) is 7.50. The van der Waals surface area contributed by atoms with Crippen molar-refractivity contribution in [3.8, 4) is 17.1 Å². The topological polar surface area (TPSA) is 64.4 Å². The van der Waals surface area contributed by atoms with E-state index in [1.54, 1.807) is 6.08 Å². The van der Waals surface area contributed by atoms with E-state index in [2.05, 4.69) is 23.5 Å². The van der Waals surface area contributed by atoms with Crippen LogP contribution in [0.25, 0.3) is 17.4 Å². The molecule has 1 unspecified atom stereocenters. The van der Waals surface area contributed by atoms with E-state index in [1.165, 1.54) is 11.6 Å². The number of carbonyl (C=O) groups is 1. The van der Waals surface area contributed by atoms with Crippen LogP contribution in [-0.2, 0) is 17.8 Å². The van der Waals surface area contributed by atoms with Gasteiger partial charge in [0.2, 0.25) is 5.91 Å². The van der Waals surface area contributed by atoms with Gasteiger partial charge in [-0.15, -0.1) is 0 Å². The molecule has 0 aliphatic carbocycles. The third-order valence-corrected chi connectivity index (χ3v) is 4.41. The number of carbonyl (C=O) groups excluding carboxylic acids is 1. The Morgan fingerprint density at radius 1 is 1.22 bits per heavy atom. The lowest BCUT2D eigenvalue weighted by atomic mass is 10.1. The molecule has 0 fully saturated rings. The smallest absolute Gasteiger partial charge is 0.244 e. The molecular formula is C22H20N2O3. The third kappa shape index (κ3) is 4.08. The Bertz CT molecular complexity index is 976. The lowest BCUT2D eigenvalue weighted by molar-refractivity contribution is -0.116. The minimum atomic E-state index is -0.174. The molecule has 4 rings (SSSR count). The zero-order valence-corrected chi connectivity index (χ0v) is 15.0. The molecule has 0 bridgehead atoms. The number of benzene rings is 2. The van der Waals surface area contributed by atoms with Crippen LogP contribution in [0, 0.1) is 0 Å². The minimum absolute atomic E-state index is 0.174. The van der Waals surface area contributed by atoms with E-state index in [9.17, 15) is 4.79 Å². The van der Waals surface area contributed by atoms with Crippen molar-refractivity contribution in [2.24, 2.45) is 0 Å². The van der Waals surface area contributed by atoms with E-state index in [0.29, 0.717) is 18.0 Å². The Morgan fingerprint density at radius 3 is 2.93 bits per heavy atom. The van der Waals surface area contributed by atoms with Crippen molar-refractivity contribution in [3.05, 3.63) is 77.5 Å². The maximum absolute atomic E-state index is 12.0. The molecule has 1 N–H and O–H groups in total. The molecule has 1 atom stereocenters. The summed E-state index contributed by atoms with van der Waals surface area (Å²) in [4.78, 5) is 12.0. The predicted octanol–water partition coefficient (Wildman–Crippen LogP) is 3.99. The summed E-state index contributed by atoms with van der Waals surface area (Å²) in [5.41, 5.74) is 3.79. The summed E-state index contributed by atoms with van der Waals surface area (Å²) in [6.07, 6.45) is 4.39. The van der Waals surface area contributed by atoms with Crippen LogP contribution >= 0.6 is 0 Å². The summed E-state index contributed by atoms with van der Waals surface area (Å²) in [7, 11) is 0. The van der Waals surface area contributed by atoms with Gasteiger partial charge in [-0.3, -0.25) is 4.79 Å². The molecule has 3 aromatic rings. The van der Waals surface area contributed by atoms with Gasteiger partial charge in [-0.1, -0.05) is 35.5 Å². The molecule has 27 heavy (non-hydrogen) atoms. The second-order valence-electron chi connectivity index (χ2n) is 6.60. The molecule has 1 aromatic heterocycles. The summed E-state index contributed by atoms with van der Waals surface area (Å²) in [5, 5.41) is 6.86. The molecule has 2 aromatic carbocycles. The van der Waals surface area contributed by atoms with Crippen molar-refractivity contribution >= 4 is 12.0 Å². The highest BCUT2D eigenvalue weighted by Gasteiger charge is 2.20. The van der Waals surface area contributed by atoms with E-state index in [1.807, 2.05) is 48.5 Å². The Labute approximate surface area is 157 Å². The van der Waals surface area contributed by atoms with Crippen LogP contribution in [0.5, 0.6) is 5.75 Å². The van der Waals surface area contributed by atoms with Crippen LogP contribution in [0.1, 0.15) is 23.7 Å². The Morgan fingerprint density at radius 2 is 2.07 bits per heavy atom. The number of nitrogens with zero attached hydrogens (tertiary/aromatic N) is 1. The first-order valence-electron chi connectivity index (χ1n) is 8.94. The first kappa shape index (κ1) is 17.1. The van der Waals surface area contributed by atoms with Crippen molar-refractivity contribution in [1.82, 2.24) is 10.5 Å². The molecular weight excluding hydrogens is 340 g/mol. The summed E-state index contributed by atoms with van der Waals surface area (Å²) in [6.45, 7) is 2.37. The van der Waals surface area contributed by atoms with E-state index >= 15 is 0 Å². The second-order valence-corrected chi connectivity index (χ2v) is 6.60. The number of ether oxygens (including phenoxy) is 1. The first-order valence-corrected chi connectivity index (χ1v) is 8.94. The molecule has 2 heterocycles. The van der Waals surface area contributed by atoms with Crippen molar-refractivity contribution in [2.45, 2.75) is 26.0 Å². The number of hydrogen-bond donors (Lipinski definition) is 1. The monoisotopic (exact) mass is 360 g/mol. The van der Waals surface area contributed by atoms with Gasteiger partial charge in [0.1, 0.15) is 17.5 Å². The van der Waals surface area contributed by atoms with E-state index in [-0.39, 0.29) is 12.0 Å². The Balaban J connectivity index is 1.37. The lowest BCUT2D eigenvalue weighted by Crippen LogP contribution is -2.20. The van der Waals surface area contributed by atoms with E-state index in [4.69, 9.17) is 9.26 Å². The number of aromatic nitrogens is 1. The highest BCUT2D eigenvalue weighted by molar-refractivity contribution is 5.91. The quantitative estimate of drug-likeness (QED) is 0.699. The molecule has 0 saturated carbocycles. The van der Waals surface area contributed by atoms with Gasteiger partial charge >= 0.3 is 0 Å². The van der Waals surface area contributed by atoms with Gasteiger partial charge in [-0.25, -0.2) is 0 Å². The maximum atomic E-state index is 12.0. The van der Waals surface area contributed by atoms with E-state index in [0.717, 1.165) is 23.3 Å². The van der Waals surface area contributed by atoms with Gasteiger partial charge in [0.05, 0.1) is 6.54 Å². The Kier molecular flexibility index (Phi) is 4.75. The third-order valence-electron chi connectivity index (χ3n) is 4.41. The molecule has 136 valence electrons. The Hall–Kier alpha value is -3.34. The van der Waals surface area contributed by atoms with Crippen LogP contribution < -0.4 is 10.1 Å². The van der Waals surface area contributed by atoms with Crippen LogP contribution in [0.4, 0.5) is 0 Å². The summed E-state index contributed by atoms with van der Waals surface area (Å²) in [5.74, 6) is 1.44. The van der Waals surface area contributed by atoms with Crippen molar-refractivity contribution in [3.63, 3.8) is 0 Å². The average Bonchev–Trinajstić information content (AvgIpc) is 3.30. The zero-order valence-electron chi connectivity index (χ0n) is 15.0. The van der Waals surface area contributed by atoms with Gasteiger partial charge in [-0.2, -0.15) is 0 Å². The van der Waals surface area contributed by atoms with Gasteiger partial charge in [0.15, 0.2) is 5.76 Å². The van der Waals surface area contributed by atoms with Gasteiger partial charge in [0.25, 0.3) is 0 Å². The van der Waals surface area contributed by atoms with Crippen LogP contribution in [0.15, 0.2) is 65.2 Å². The SMILES string of the molecule is CC1Cc2cc(-c3cc(CNC(=O)C=Cc4ccccc4)no3)ccc2O1. The molecule has 0 spiro atoms. The summed E-state index contributed by atoms with van der Waals surface area (Å²) < 4.78 is 11.2. The zero-order chi connectivity index (χ0) is 18.6. The fraction of sp³-hybridized carbons (Fsp3) is 0.182. The highest BCUT2D eigenvalue weighted by atomic mass is 16.5. The van der Waals surface area contributed by atoms with Gasteiger partial charge in [-0.05, 0) is 42.3 Å². The molecule has 1 aliphatic rings. The number of fused-ring (bicyclic) bond motifs is 1. The standard InChI is InChI=1S/C22H20N2O3/c1-15-11-18-12-17(8-9-20(18)26-15)21-13-19(24-27-21)14-23-22(25)10-7-16-5-3-2-4-6-16/h2-10,12-13,15H,11,14H2,1H3,(H,23,25). The fourth-order valence-electron chi connectivity index (χ4n) is 3.08. The molecule has 1 aliphatic heterocycles. The van der Waals surface area contributed by atoms with Crippen molar-refractivity contribution in [2.75, 3.05) is 0 Å². The first-order chi connectivity index (χ1) is 13.2. The van der Waals surface area contributed by atoms with E-state index < -0.39 is 0 Å². The highest BCUT2D eigenvalue weighted by Crippen LogP contribution is 2.33. The van der Waals surface area contributed by atoms with Crippen molar-refractivity contribution < 1.29 is 14.1 Å². The molecule has 5 heteroatoms. The molecule has 5 nitrogen and oxygen atoms in total. The molecule has 0 radical (unpaired) electrons. The normalized spacial score (nSPS) is 15.5. The fourth-order valence-corrected chi connectivity index (χ4v) is 3.08. The lowest BCUT2D eigenvalue weighted by Gasteiger charge is -2.02. The largest absolute Gasteiger partial charge is 0.490 e.